The predicted octanol–water partition coefficient (Wildman–Crippen LogP) is 0.526. The largest absolute Gasteiger partial charge is 0.468 e. The van der Waals surface area contributed by atoms with E-state index in [1.165, 1.54) is 7.11 Å². The standard InChI is InChI=1S/C11H16O4/c1-6-5-8(12)7-3-4-11(6,9(7)13)10(14)15-2/h6-8,12H,3-5H2,1-2H3/t6-,7-,8+,11+/m1/s1. The molecule has 0 aliphatic heterocycles. The summed E-state index contributed by atoms with van der Waals surface area (Å²) < 4.78 is 4.75. The van der Waals surface area contributed by atoms with Gasteiger partial charge >= 0.3 is 5.97 Å². The van der Waals surface area contributed by atoms with Crippen LogP contribution in [0.4, 0.5) is 0 Å². The quantitative estimate of drug-likeness (QED) is 0.508. The van der Waals surface area contributed by atoms with Gasteiger partial charge in [0.2, 0.25) is 0 Å². The highest BCUT2D eigenvalue weighted by atomic mass is 16.5. The van der Waals surface area contributed by atoms with Gasteiger partial charge in [0, 0.05) is 5.92 Å². The molecule has 2 rings (SSSR count). The van der Waals surface area contributed by atoms with Gasteiger partial charge < -0.3 is 9.84 Å². The van der Waals surface area contributed by atoms with Crippen molar-refractivity contribution < 1.29 is 19.4 Å². The highest BCUT2D eigenvalue weighted by molar-refractivity contribution is 6.07. The van der Waals surface area contributed by atoms with Crippen molar-refractivity contribution in [3.8, 4) is 0 Å². The maximum Gasteiger partial charge on any atom is 0.319 e. The summed E-state index contributed by atoms with van der Waals surface area (Å²) >= 11 is 0. The Balaban J connectivity index is 2.40. The van der Waals surface area contributed by atoms with E-state index in [2.05, 4.69) is 0 Å². The number of methoxy groups -OCH3 is 1. The maximum atomic E-state index is 12.1. The number of ketones is 1. The van der Waals surface area contributed by atoms with Crippen LogP contribution in [0.2, 0.25) is 0 Å². The van der Waals surface area contributed by atoms with Gasteiger partial charge in [-0.05, 0) is 25.2 Å². The lowest BCUT2D eigenvalue weighted by molar-refractivity contribution is -0.165. The van der Waals surface area contributed by atoms with Gasteiger partial charge in [0.1, 0.15) is 5.41 Å². The average Bonchev–Trinajstić information content (AvgIpc) is 2.48. The van der Waals surface area contributed by atoms with Crippen LogP contribution in [0.5, 0.6) is 0 Å². The number of fused-ring (bicyclic) bond motifs is 2. The van der Waals surface area contributed by atoms with E-state index < -0.39 is 17.5 Å². The Morgan fingerprint density at radius 3 is 2.87 bits per heavy atom. The fourth-order valence-corrected chi connectivity index (χ4v) is 3.14. The van der Waals surface area contributed by atoms with Gasteiger partial charge in [-0.1, -0.05) is 6.92 Å². The summed E-state index contributed by atoms with van der Waals surface area (Å²) in [6.45, 7) is 1.85. The van der Waals surface area contributed by atoms with Gasteiger partial charge in [-0.15, -0.1) is 0 Å². The van der Waals surface area contributed by atoms with E-state index in [1.54, 1.807) is 0 Å². The van der Waals surface area contributed by atoms with Crippen molar-refractivity contribution in [2.45, 2.75) is 32.3 Å². The van der Waals surface area contributed by atoms with Gasteiger partial charge in [-0.25, -0.2) is 0 Å². The number of aliphatic hydroxyl groups is 1. The van der Waals surface area contributed by atoms with Gasteiger partial charge in [0.05, 0.1) is 13.2 Å². The topological polar surface area (TPSA) is 63.6 Å². The zero-order chi connectivity index (χ0) is 11.2. The van der Waals surface area contributed by atoms with Crippen molar-refractivity contribution >= 4 is 11.8 Å². The predicted molar refractivity (Wildman–Crippen MR) is 52.0 cm³/mol. The summed E-state index contributed by atoms with van der Waals surface area (Å²) in [6.07, 6.45) is 1.08. The Morgan fingerprint density at radius 1 is 1.60 bits per heavy atom. The van der Waals surface area contributed by atoms with Crippen molar-refractivity contribution in [3.05, 3.63) is 0 Å². The summed E-state index contributed by atoms with van der Waals surface area (Å²) in [5, 5.41) is 9.73. The summed E-state index contributed by atoms with van der Waals surface area (Å²) in [6, 6.07) is 0. The van der Waals surface area contributed by atoms with Crippen LogP contribution in [-0.2, 0) is 14.3 Å². The molecule has 2 saturated carbocycles. The van der Waals surface area contributed by atoms with E-state index in [1.807, 2.05) is 6.92 Å². The molecule has 1 N–H and O–H groups in total. The van der Waals surface area contributed by atoms with Crippen LogP contribution < -0.4 is 0 Å². The number of aliphatic hydroxyl groups excluding tert-OH is 1. The van der Waals surface area contributed by atoms with Gasteiger partial charge in [0.25, 0.3) is 0 Å². The highest BCUT2D eigenvalue weighted by Gasteiger charge is 2.62. The molecule has 84 valence electrons. The van der Waals surface area contributed by atoms with Crippen molar-refractivity contribution in [1.29, 1.82) is 0 Å². The third kappa shape index (κ3) is 1.17. The number of carbonyl (C=O) groups is 2. The molecule has 0 spiro atoms. The Labute approximate surface area is 88.6 Å². The second kappa shape index (κ2) is 3.30. The number of carbonyl (C=O) groups excluding carboxylic acids is 2. The summed E-state index contributed by atoms with van der Waals surface area (Å²) in [4.78, 5) is 23.8. The second-order valence-corrected chi connectivity index (χ2v) is 4.68. The molecular weight excluding hydrogens is 196 g/mol. The Bertz CT molecular complexity index is 312. The van der Waals surface area contributed by atoms with Crippen LogP contribution in [0.15, 0.2) is 0 Å². The van der Waals surface area contributed by atoms with Gasteiger partial charge in [-0.3, -0.25) is 9.59 Å². The molecule has 0 aromatic carbocycles. The fraction of sp³-hybridized carbons (Fsp3) is 0.818. The SMILES string of the molecule is COC(=O)[C@]12CC[C@@H](C1=O)[C@@H](O)C[C@H]2C. The van der Waals surface area contributed by atoms with E-state index in [-0.39, 0.29) is 17.6 Å². The number of rotatable bonds is 1. The molecule has 15 heavy (non-hydrogen) atoms. The number of Topliss-reactive ketones (excluding diaryl/α,β-unsaturated/α-hetero) is 1. The zero-order valence-corrected chi connectivity index (χ0v) is 9.03. The minimum Gasteiger partial charge on any atom is -0.468 e. The van der Waals surface area contributed by atoms with Crippen LogP contribution in [0, 0.1) is 17.3 Å². The summed E-state index contributed by atoms with van der Waals surface area (Å²) in [5.74, 6) is -0.999. The third-order valence-electron chi connectivity index (χ3n) is 4.08. The molecule has 0 unspecified atom stereocenters. The zero-order valence-electron chi connectivity index (χ0n) is 9.03. The molecule has 4 heteroatoms. The Hall–Kier alpha value is -0.900. The number of ether oxygens (including phenoxy) is 1. The lowest BCUT2D eigenvalue weighted by Gasteiger charge is -2.37. The van der Waals surface area contributed by atoms with Gasteiger partial charge in [-0.2, -0.15) is 0 Å². The number of hydrogen-bond acceptors (Lipinski definition) is 4. The molecule has 4 nitrogen and oxygen atoms in total. The third-order valence-corrected chi connectivity index (χ3v) is 4.08. The lowest BCUT2D eigenvalue weighted by atomic mass is 9.66. The lowest BCUT2D eigenvalue weighted by Crippen LogP contribution is -2.50. The first kappa shape index (κ1) is 10.6. The maximum absolute atomic E-state index is 12.1. The Kier molecular flexibility index (Phi) is 2.34. The van der Waals surface area contributed by atoms with E-state index >= 15 is 0 Å². The molecule has 0 aromatic rings. The number of esters is 1. The fourth-order valence-electron chi connectivity index (χ4n) is 3.14. The first-order valence-corrected chi connectivity index (χ1v) is 5.35. The van der Waals surface area contributed by atoms with Crippen LogP contribution >= 0.6 is 0 Å². The molecule has 0 radical (unpaired) electrons. The first-order valence-electron chi connectivity index (χ1n) is 5.35. The highest BCUT2D eigenvalue weighted by Crippen LogP contribution is 2.52. The van der Waals surface area contributed by atoms with Crippen LogP contribution in [0.25, 0.3) is 0 Å². The molecule has 0 aromatic heterocycles. The Morgan fingerprint density at radius 2 is 2.27 bits per heavy atom. The van der Waals surface area contributed by atoms with E-state index in [0.29, 0.717) is 19.3 Å². The van der Waals surface area contributed by atoms with Crippen LogP contribution in [-0.4, -0.2) is 30.1 Å². The minimum atomic E-state index is -0.960. The normalized spacial score (nSPS) is 44.2. The van der Waals surface area contributed by atoms with Gasteiger partial charge in [0.15, 0.2) is 5.78 Å². The van der Waals surface area contributed by atoms with Crippen molar-refractivity contribution in [2.24, 2.45) is 17.3 Å². The summed E-state index contributed by atoms with van der Waals surface area (Å²) in [7, 11) is 1.31. The molecule has 2 aliphatic rings. The van der Waals surface area contributed by atoms with Crippen molar-refractivity contribution in [2.75, 3.05) is 7.11 Å². The molecular formula is C11H16O4. The first-order chi connectivity index (χ1) is 7.04. The van der Waals surface area contributed by atoms with Crippen LogP contribution in [0.3, 0.4) is 0 Å². The average molecular weight is 212 g/mol. The van der Waals surface area contributed by atoms with Crippen LogP contribution in [0.1, 0.15) is 26.2 Å². The monoisotopic (exact) mass is 212 g/mol. The van der Waals surface area contributed by atoms with Crippen molar-refractivity contribution in [3.63, 3.8) is 0 Å². The smallest absolute Gasteiger partial charge is 0.319 e. The van der Waals surface area contributed by atoms with E-state index in [0.717, 1.165) is 0 Å². The molecule has 2 fully saturated rings. The molecule has 0 heterocycles. The second-order valence-electron chi connectivity index (χ2n) is 4.68. The number of hydrogen-bond donors (Lipinski definition) is 1. The molecule has 2 aliphatic carbocycles. The minimum absolute atomic E-state index is 0.111. The van der Waals surface area contributed by atoms with E-state index in [9.17, 15) is 14.7 Å². The van der Waals surface area contributed by atoms with E-state index in [4.69, 9.17) is 4.74 Å². The molecule has 4 atom stereocenters. The molecule has 0 saturated heterocycles. The molecule has 2 bridgehead atoms. The summed E-state index contributed by atoms with van der Waals surface area (Å²) in [5.41, 5.74) is -0.960. The molecule has 0 amide bonds. The van der Waals surface area contributed by atoms with Crippen molar-refractivity contribution in [1.82, 2.24) is 0 Å².